The van der Waals surface area contributed by atoms with Crippen LogP contribution in [0.5, 0.6) is 5.75 Å². The second-order valence-corrected chi connectivity index (χ2v) is 8.66. The summed E-state index contributed by atoms with van der Waals surface area (Å²) in [5.74, 6) is 2.77. The molecule has 0 saturated carbocycles. The molecule has 3 aromatic carbocycles. The Hall–Kier alpha value is -2.76. The molecule has 0 unspecified atom stereocenters. The molecule has 0 radical (unpaired) electrons. The number of ether oxygens (including phenoxy) is 1. The van der Waals surface area contributed by atoms with Crippen molar-refractivity contribution in [1.82, 2.24) is 10.2 Å². The van der Waals surface area contributed by atoms with Gasteiger partial charge in [0.15, 0.2) is 0 Å². The van der Waals surface area contributed by atoms with Crippen molar-refractivity contribution >= 4 is 17.7 Å². The van der Waals surface area contributed by atoms with Crippen molar-refractivity contribution < 1.29 is 9.53 Å². The van der Waals surface area contributed by atoms with Gasteiger partial charge in [-0.1, -0.05) is 54.6 Å². The molecule has 0 aliphatic rings. The summed E-state index contributed by atoms with van der Waals surface area (Å²) >= 11 is 1.86. The molecular weight excluding hydrogens is 404 g/mol. The van der Waals surface area contributed by atoms with Gasteiger partial charge in [-0.25, -0.2) is 0 Å². The number of nitrogens with zero attached hydrogens (tertiary/aromatic N) is 1. The lowest BCUT2D eigenvalue weighted by Gasteiger charge is -2.11. The minimum absolute atomic E-state index is 0.0312. The van der Waals surface area contributed by atoms with E-state index in [1.54, 1.807) is 0 Å². The first-order valence-electron chi connectivity index (χ1n) is 10.5. The summed E-state index contributed by atoms with van der Waals surface area (Å²) in [5.41, 5.74) is 4.25. The number of amides is 1. The fourth-order valence-electron chi connectivity index (χ4n) is 3.08. The van der Waals surface area contributed by atoms with E-state index >= 15 is 0 Å². The van der Waals surface area contributed by atoms with E-state index in [9.17, 15) is 4.79 Å². The van der Waals surface area contributed by atoms with E-state index in [0.717, 1.165) is 29.4 Å². The Balaban J connectivity index is 1.48. The van der Waals surface area contributed by atoms with Crippen molar-refractivity contribution in [2.75, 3.05) is 39.5 Å². The van der Waals surface area contributed by atoms with Crippen molar-refractivity contribution in [3.8, 4) is 16.9 Å². The highest BCUT2D eigenvalue weighted by atomic mass is 32.2. The van der Waals surface area contributed by atoms with Gasteiger partial charge in [-0.15, -0.1) is 0 Å². The van der Waals surface area contributed by atoms with Crippen LogP contribution in [-0.4, -0.2) is 50.4 Å². The van der Waals surface area contributed by atoms with Gasteiger partial charge in [0.2, 0.25) is 0 Å². The highest BCUT2D eigenvalue weighted by molar-refractivity contribution is 7.98. The largest absolute Gasteiger partial charge is 0.493 e. The molecule has 5 heteroatoms. The average Bonchev–Trinajstić information content (AvgIpc) is 2.79. The molecule has 1 N–H and O–H groups in total. The number of rotatable bonds is 11. The Morgan fingerprint density at radius 1 is 0.935 bits per heavy atom. The monoisotopic (exact) mass is 434 g/mol. The first-order valence-corrected chi connectivity index (χ1v) is 11.7. The summed E-state index contributed by atoms with van der Waals surface area (Å²) in [7, 11) is 3.98. The molecular formula is C26H30N2O2S. The maximum atomic E-state index is 12.2. The molecule has 0 bridgehead atoms. The third kappa shape index (κ3) is 7.78. The van der Waals surface area contributed by atoms with E-state index in [1.165, 1.54) is 11.1 Å². The van der Waals surface area contributed by atoms with Gasteiger partial charge < -0.3 is 15.0 Å². The quantitative estimate of drug-likeness (QED) is 0.433. The first-order chi connectivity index (χ1) is 15.1. The van der Waals surface area contributed by atoms with Gasteiger partial charge in [0, 0.05) is 30.2 Å². The highest BCUT2D eigenvalue weighted by Gasteiger charge is 2.06. The molecule has 0 aliphatic carbocycles. The third-order valence-corrected chi connectivity index (χ3v) is 5.75. The van der Waals surface area contributed by atoms with Crippen LogP contribution in [0.3, 0.4) is 0 Å². The smallest absolute Gasteiger partial charge is 0.251 e. The van der Waals surface area contributed by atoms with Crippen LogP contribution in [0.15, 0.2) is 78.9 Å². The summed E-state index contributed by atoms with van der Waals surface area (Å²) in [5, 5.41) is 2.95. The normalized spacial score (nSPS) is 10.8. The molecule has 1 amide bonds. The zero-order valence-corrected chi connectivity index (χ0v) is 19.0. The van der Waals surface area contributed by atoms with Gasteiger partial charge in [-0.3, -0.25) is 4.79 Å². The maximum Gasteiger partial charge on any atom is 0.251 e. The molecule has 0 fully saturated rings. The van der Waals surface area contributed by atoms with Crippen LogP contribution in [0, 0.1) is 0 Å². The van der Waals surface area contributed by atoms with Crippen molar-refractivity contribution in [2.45, 2.75) is 5.75 Å². The number of benzene rings is 3. The van der Waals surface area contributed by atoms with Gasteiger partial charge in [0.25, 0.3) is 5.91 Å². The SMILES string of the molecule is CN(C)CCNC(=O)c1ccc(-c2cccc(CSCCOc3ccccc3)c2)cc1. The minimum atomic E-state index is -0.0312. The van der Waals surface area contributed by atoms with E-state index in [0.29, 0.717) is 18.7 Å². The van der Waals surface area contributed by atoms with Gasteiger partial charge >= 0.3 is 0 Å². The number of hydrogen-bond donors (Lipinski definition) is 1. The predicted octanol–water partition coefficient (Wildman–Crippen LogP) is 4.96. The molecule has 3 aromatic rings. The van der Waals surface area contributed by atoms with E-state index in [2.05, 4.69) is 29.6 Å². The lowest BCUT2D eigenvalue weighted by atomic mass is 10.0. The van der Waals surface area contributed by atoms with Gasteiger partial charge in [-0.2, -0.15) is 11.8 Å². The Kier molecular flexibility index (Phi) is 9.00. The lowest BCUT2D eigenvalue weighted by molar-refractivity contribution is 0.0951. The molecule has 162 valence electrons. The summed E-state index contributed by atoms with van der Waals surface area (Å²) in [6.07, 6.45) is 0. The first kappa shape index (κ1) is 22.9. The fourth-order valence-corrected chi connectivity index (χ4v) is 3.84. The van der Waals surface area contributed by atoms with Crippen LogP contribution < -0.4 is 10.1 Å². The predicted molar refractivity (Wildman–Crippen MR) is 131 cm³/mol. The van der Waals surface area contributed by atoms with E-state index in [-0.39, 0.29) is 5.91 Å². The van der Waals surface area contributed by atoms with E-state index in [1.807, 2.05) is 85.4 Å². The second-order valence-electron chi connectivity index (χ2n) is 7.55. The number of thioether (sulfide) groups is 1. The van der Waals surface area contributed by atoms with Crippen molar-refractivity contribution in [3.05, 3.63) is 90.0 Å². The van der Waals surface area contributed by atoms with Gasteiger partial charge in [0.05, 0.1) is 6.61 Å². The van der Waals surface area contributed by atoms with Crippen LogP contribution >= 0.6 is 11.8 Å². The average molecular weight is 435 g/mol. The molecule has 0 aliphatic heterocycles. The van der Waals surface area contributed by atoms with Crippen molar-refractivity contribution in [3.63, 3.8) is 0 Å². The summed E-state index contributed by atoms with van der Waals surface area (Å²) < 4.78 is 5.75. The molecule has 0 aromatic heterocycles. The number of hydrogen-bond acceptors (Lipinski definition) is 4. The Morgan fingerprint density at radius 3 is 2.45 bits per heavy atom. The van der Waals surface area contributed by atoms with Gasteiger partial charge in [0.1, 0.15) is 5.75 Å². The van der Waals surface area contributed by atoms with Crippen LogP contribution in [0.2, 0.25) is 0 Å². The Labute approximate surface area is 189 Å². The van der Waals surface area contributed by atoms with Crippen molar-refractivity contribution in [1.29, 1.82) is 0 Å². The second kappa shape index (κ2) is 12.2. The lowest BCUT2D eigenvalue weighted by Crippen LogP contribution is -2.31. The highest BCUT2D eigenvalue weighted by Crippen LogP contribution is 2.23. The summed E-state index contributed by atoms with van der Waals surface area (Å²) in [4.78, 5) is 14.3. The maximum absolute atomic E-state index is 12.2. The van der Waals surface area contributed by atoms with Crippen LogP contribution in [0.4, 0.5) is 0 Å². The topological polar surface area (TPSA) is 41.6 Å². The minimum Gasteiger partial charge on any atom is -0.493 e. The summed E-state index contributed by atoms with van der Waals surface area (Å²) in [6.45, 7) is 2.17. The number of carbonyl (C=O) groups excluding carboxylic acids is 1. The van der Waals surface area contributed by atoms with E-state index in [4.69, 9.17) is 4.74 Å². The molecule has 4 nitrogen and oxygen atoms in total. The number of para-hydroxylation sites is 1. The van der Waals surface area contributed by atoms with E-state index < -0.39 is 0 Å². The number of nitrogens with one attached hydrogen (secondary N) is 1. The van der Waals surface area contributed by atoms with Crippen LogP contribution in [0.25, 0.3) is 11.1 Å². The molecule has 3 rings (SSSR count). The van der Waals surface area contributed by atoms with Crippen molar-refractivity contribution in [2.24, 2.45) is 0 Å². The summed E-state index contributed by atoms with van der Waals surface area (Å²) in [6, 6.07) is 26.3. The standard InChI is InChI=1S/C26H30N2O2S/c1-28(2)16-15-27-26(29)23-13-11-22(12-14-23)24-8-6-7-21(19-24)20-31-18-17-30-25-9-4-3-5-10-25/h3-14,19H,15-18,20H2,1-2H3,(H,27,29). The molecule has 0 heterocycles. The zero-order valence-electron chi connectivity index (χ0n) is 18.2. The Bertz CT molecular complexity index is 943. The molecule has 0 saturated heterocycles. The zero-order chi connectivity index (χ0) is 21.9. The molecule has 31 heavy (non-hydrogen) atoms. The molecule has 0 atom stereocenters. The van der Waals surface area contributed by atoms with Crippen LogP contribution in [-0.2, 0) is 5.75 Å². The number of carbonyl (C=O) groups is 1. The fraction of sp³-hybridized carbons (Fsp3) is 0.269. The third-order valence-electron chi connectivity index (χ3n) is 4.76. The van der Waals surface area contributed by atoms with Gasteiger partial charge in [-0.05, 0) is 55.1 Å². The number of likely N-dealkylation sites (N-methyl/N-ethyl adjacent to an activating group) is 1. The molecule has 0 spiro atoms. The van der Waals surface area contributed by atoms with Crippen LogP contribution in [0.1, 0.15) is 15.9 Å². The Morgan fingerprint density at radius 2 is 1.71 bits per heavy atom.